The van der Waals surface area contributed by atoms with Crippen LogP contribution in [0, 0.1) is 12.7 Å². The summed E-state index contributed by atoms with van der Waals surface area (Å²) >= 11 is 5.94. The molecule has 2 heterocycles. The van der Waals surface area contributed by atoms with Crippen molar-refractivity contribution < 1.29 is 18.8 Å². The van der Waals surface area contributed by atoms with Crippen LogP contribution in [0.4, 0.5) is 4.39 Å². The van der Waals surface area contributed by atoms with Crippen molar-refractivity contribution in [3.63, 3.8) is 0 Å². The first-order valence-electron chi connectivity index (χ1n) is 9.56. The summed E-state index contributed by atoms with van der Waals surface area (Å²) in [5, 5.41) is 5.27. The number of carbonyl (C=O) groups excluding carboxylic acids is 2. The van der Waals surface area contributed by atoms with E-state index >= 15 is 0 Å². The van der Waals surface area contributed by atoms with Crippen LogP contribution in [0.5, 0.6) is 0 Å². The van der Waals surface area contributed by atoms with Gasteiger partial charge in [-0.2, -0.15) is 5.06 Å². The van der Waals surface area contributed by atoms with Crippen molar-refractivity contribution in [3.05, 3.63) is 58.4 Å². The van der Waals surface area contributed by atoms with Gasteiger partial charge in [0.15, 0.2) is 5.78 Å². The average Bonchev–Trinajstić information content (AvgIpc) is 2.93. The summed E-state index contributed by atoms with van der Waals surface area (Å²) in [7, 11) is 1.59. The monoisotopic (exact) mass is 416 g/mol. The Morgan fingerprint density at radius 1 is 1.17 bits per heavy atom. The number of amides is 1. The smallest absolute Gasteiger partial charge is 0.235 e. The van der Waals surface area contributed by atoms with Gasteiger partial charge in [0.05, 0.1) is 7.11 Å². The van der Waals surface area contributed by atoms with Crippen LogP contribution < -0.4 is 5.32 Å². The molecule has 2 aromatic carbocycles. The summed E-state index contributed by atoms with van der Waals surface area (Å²) in [6, 6.07) is 9.82. The highest BCUT2D eigenvalue weighted by atomic mass is 35.5. The topological polar surface area (TPSA) is 58.6 Å². The molecule has 0 bridgehead atoms. The van der Waals surface area contributed by atoms with Crippen LogP contribution in [0.3, 0.4) is 0 Å². The standard InChI is InChI=1S/C22H22ClFN2O3/c1-13-11-18(24)17(14-3-5-15(23)6-4-14)12-16(13)19-20(27)22(25-21(19)28)7-9-26(29-2)10-8-22/h3-6,11-12,19H,7-10H2,1-2H3,(H,25,28). The van der Waals surface area contributed by atoms with Gasteiger partial charge in [-0.1, -0.05) is 23.7 Å². The van der Waals surface area contributed by atoms with Crippen LogP contribution in [0.15, 0.2) is 36.4 Å². The van der Waals surface area contributed by atoms with Gasteiger partial charge in [-0.05, 0) is 60.7 Å². The largest absolute Gasteiger partial charge is 0.343 e. The number of rotatable bonds is 3. The Bertz CT molecular complexity index is 969. The zero-order chi connectivity index (χ0) is 20.8. The van der Waals surface area contributed by atoms with Gasteiger partial charge in [-0.3, -0.25) is 9.59 Å². The minimum atomic E-state index is -0.934. The number of piperidine rings is 1. The van der Waals surface area contributed by atoms with Crippen LogP contribution in [0.1, 0.15) is 29.9 Å². The second-order valence-corrected chi connectivity index (χ2v) is 8.11. The summed E-state index contributed by atoms with van der Waals surface area (Å²) < 4.78 is 14.7. The molecule has 2 aromatic rings. The predicted molar refractivity (Wildman–Crippen MR) is 108 cm³/mol. The lowest BCUT2D eigenvalue weighted by Gasteiger charge is -2.36. The zero-order valence-corrected chi connectivity index (χ0v) is 17.1. The lowest BCUT2D eigenvalue weighted by atomic mass is 9.79. The molecule has 2 aliphatic rings. The van der Waals surface area contributed by atoms with E-state index in [4.69, 9.17) is 16.4 Å². The summed E-state index contributed by atoms with van der Waals surface area (Å²) in [6.07, 6.45) is 0.985. The Morgan fingerprint density at radius 2 is 1.83 bits per heavy atom. The van der Waals surface area contributed by atoms with E-state index in [2.05, 4.69) is 5.32 Å². The number of hydroxylamine groups is 2. The number of benzene rings is 2. The normalized spacial score (nSPS) is 21.6. The van der Waals surface area contributed by atoms with E-state index in [0.717, 1.165) is 0 Å². The predicted octanol–water partition coefficient (Wildman–Crippen LogP) is 3.63. The Morgan fingerprint density at radius 3 is 2.45 bits per heavy atom. The lowest BCUT2D eigenvalue weighted by molar-refractivity contribution is -0.157. The van der Waals surface area contributed by atoms with E-state index in [1.54, 1.807) is 49.4 Å². The van der Waals surface area contributed by atoms with Crippen molar-refractivity contribution in [3.8, 4) is 11.1 Å². The van der Waals surface area contributed by atoms with E-state index < -0.39 is 17.3 Å². The maximum atomic E-state index is 14.7. The third kappa shape index (κ3) is 3.45. The van der Waals surface area contributed by atoms with Crippen molar-refractivity contribution >= 4 is 23.3 Å². The molecule has 1 atom stereocenters. The first-order valence-corrected chi connectivity index (χ1v) is 9.94. The molecule has 1 amide bonds. The van der Waals surface area contributed by atoms with Gasteiger partial charge < -0.3 is 10.2 Å². The number of nitrogens with one attached hydrogen (secondary N) is 1. The van der Waals surface area contributed by atoms with Crippen molar-refractivity contribution in [2.75, 3.05) is 20.2 Å². The molecule has 1 spiro atoms. The van der Waals surface area contributed by atoms with Gasteiger partial charge in [0, 0.05) is 23.7 Å². The van der Waals surface area contributed by atoms with Crippen LogP contribution in [-0.2, 0) is 14.4 Å². The maximum absolute atomic E-state index is 14.7. The van der Waals surface area contributed by atoms with E-state index in [0.29, 0.717) is 53.2 Å². The average molecular weight is 417 g/mol. The first-order chi connectivity index (χ1) is 13.8. The number of hydrogen-bond acceptors (Lipinski definition) is 4. The summed E-state index contributed by atoms with van der Waals surface area (Å²) in [5.74, 6) is -1.80. The molecular formula is C22H22ClFN2O3. The summed E-state index contributed by atoms with van der Waals surface area (Å²) in [6.45, 7) is 2.85. The Kier molecular flexibility index (Phi) is 5.19. The van der Waals surface area contributed by atoms with Gasteiger partial charge >= 0.3 is 0 Å². The van der Waals surface area contributed by atoms with E-state index in [-0.39, 0.29) is 11.7 Å². The van der Waals surface area contributed by atoms with Crippen LogP contribution in [0.25, 0.3) is 11.1 Å². The molecule has 2 aliphatic heterocycles. The second kappa shape index (κ2) is 7.52. The van der Waals surface area contributed by atoms with Crippen LogP contribution >= 0.6 is 11.6 Å². The van der Waals surface area contributed by atoms with Crippen LogP contribution in [0.2, 0.25) is 5.02 Å². The van der Waals surface area contributed by atoms with Crippen molar-refractivity contribution in [1.82, 2.24) is 10.4 Å². The minimum Gasteiger partial charge on any atom is -0.343 e. The fourth-order valence-electron chi connectivity index (χ4n) is 4.32. The van der Waals surface area contributed by atoms with Crippen LogP contribution in [-0.4, -0.2) is 42.5 Å². The van der Waals surface area contributed by atoms with Gasteiger partial charge in [-0.15, -0.1) is 0 Å². The highest BCUT2D eigenvalue weighted by Crippen LogP contribution is 2.39. The quantitative estimate of drug-likeness (QED) is 0.776. The maximum Gasteiger partial charge on any atom is 0.235 e. The highest BCUT2D eigenvalue weighted by molar-refractivity contribution is 6.30. The molecule has 2 saturated heterocycles. The molecule has 0 radical (unpaired) electrons. The molecule has 0 aromatic heterocycles. The fourth-order valence-corrected chi connectivity index (χ4v) is 4.45. The molecule has 1 unspecified atom stereocenters. The first kappa shape index (κ1) is 20.0. The second-order valence-electron chi connectivity index (χ2n) is 7.68. The van der Waals surface area contributed by atoms with Gasteiger partial charge in [0.25, 0.3) is 0 Å². The number of halogens is 2. The SMILES string of the molecule is CON1CCC2(CC1)NC(=O)C(c1cc(-c3ccc(Cl)cc3)c(F)cc1C)C2=O. The van der Waals surface area contributed by atoms with Crippen molar-refractivity contribution in [1.29, 1.82) is 0 Å². The Hall–Kier alpha value is -2.28. The van der Waals surface area contributed by atoms with Gasteiger partial charge in [0.2, 0.25) is 5.91 Å². The molecular weight excluding hydrogens is 395 g/mol. The van der Waals surface area contributed by atoms with Crippen molar-refractivity contribution in [2.45, 2.75) is 31.2 Å². The number of aryl methyl sites for hydroxylation is 1. The molecule has 152 valence electrons. The number of carbonyl (C=O) groups is 2. The third-order valence-electron chi connectivity index (χ3n) is 6.01. The molecule has 29 heavy (non-hydrogen) atoms. The van der Waals surface area contributed by atoms with E-state index in [1.807, 2.05) is 0 Å². The number of hydrogen-bond donors (Lipinski definition) is 1. The van der Waals surface area contributed by atoms with E-state index in [1.165, 1.54) is 6.07 Å². The number of nitrogens with zero attached hydrogens (tertiary/aromatic N) is 1. The molecule has 5 nitrogen and oxygen atoms in total. The fraction of sp³-hybridized carbons (Fsp3) is 0.364. The van der Waals surface area contributed by atoms with E-state index in [9.17, 15) is 14.0 Å². The highest BCUT2D eigenvalue weighted by Gasteiger charge is 2.54. The van der Waals surface area contributed by atoms with Gasteiger partial charge in [0.1, 0.15) is 17.3 Å². The summed E-state index contributed by atoms with van der Waals surface area (Å²) in [4.78, 5) is 31.4. The zero-order valence-electron chi connectivity index (χ0n) is 16.3. The number of ketones is 1. The van der Waals surface area contributed by atoms with Gasteiger partial charge in [-0.25, -0.2) is 4.39 Å². The Balaban J connectivity index is 1.71. The Labute approximate surface area is 173 Å². The number of Topliss-reactive ketones (excluding diaryl/α,β-unsaturated/α-hetero) is 1. The molecule has 0 saturated carbocycles. The molecule has 4 rings (SSSR count). The third-order valence-corrected chi connectivity index (χ3v) is 6.27. The molecule has 7 heteroatoms. The summed E-state index contributed by atoms with van der Waals surface area (Å²) in [5.41, 5.74) is 1.24. The lowest BCUT2D eigenvalue weighted by Crippen LogP contribution is -2.54. The van der Waals surface area contributed by atoms with Crippen molar-refractivity contribution in [2.24, 2.45) is 0 Å². The molecule has 1 N–H and O–H groups in total. The molecule has 0 aliphatic carbocycles. The minimum absolute atomic E-state index is 0.144. The molecule has 2 fully saturated rings.